The van der Waals surface area contributed by atoms with E-state index >= 15 is 0 Å². The fourth-order valence-corrected chi connectivity index (χ4v) is 2.14. The molecule has 0 unspecified atom stereocenters. The largest absolute Gasteiger partial charge is 0.481 e. The van der Waals surface area contributed by atoms with Gasteiger partial charge in [0.15, 0.2) is 5.16 Å². The number of hydrogen-bond donors (Lipinski definition) is 2. The number of carboxylic acid groups (broad SMARTS) is 1. The van der Waals surface area contributed by atoms with Gasteiger partial charge in [-0.3, -0.25) is 4.79 Å². The van der Waals surface area contributed by atoms with Crippen LogP contribution >= 0.6 is 11.8 Å². The second-order valence-corrected chi connectivity index (χ2v) is 5.11. The van der Waals surface area contributed by atoms with Crippen LogP contribution in [0.5, 0.6) is 0 Å². The summed E-state index contributed by atoms with van der Waals surface area (Å²) in [6, 6.07) is -0.156. The molecule has 0 aromatic carbocycles. The van der Waals surface area contributed by atoms with E-state index in [1.807, 2.05) is 17.7 Å². The SMILES string of the molecule is Cc1cn(CCNC(=O)N(C)C)c(SCC(=O)O)n1. The third-order valence-electron chi connectivity index (χ3n) is 2.22. The van der Waals surface area contributed by atoms with Crippen molar-refractivity contribution in [1.29, 1.82) is 0 Å². The van der Waals surface area contributed by atoms with Gasteiger partial charge in [0.2, 0.25) is 0 Å². The van der Waals surface area contributed by atoms with Gasteiger partial charge in [-0.05, 0) is 6.92 Å². The molecule has 1 rings (SSSR count). The van der Waals surface area contributed by atoms with Gasteiger partial charge in [0.05, 0.1) is 11.4 Å². The zero-order valence-corrected chi connectivity index (χ0v) is 12.0. The molecule has 0 bridgehead atoms. The summed E-state index contributed by atoms with van der Waals surface area (Å²) in [6.07, 6.45) is 1.84. The molecule has 1 heterocycles. The van der Waals surface area contributed by atoms with Crippen molar-refractivity contribution in [2.24, 2.45) is 0 Å². The molecule has 106 valence electrons. The third kappa shape index (κ3) is 5.21. The van der Waals surface area contributed by atoms with E-state index in [1.54, 1.807) is 14.1 Å². The number of aryl methyl sites for hydroxylation is 1. The number of hydrogen-bond acceptors (Lipinski definition) is 4. The summed E-state index contributed by atoms with van der Waals surface area (Å²) in [5, 5.41) is 12.1. The maximum Gasteiger partial charge on any atom is 0.316 e. The predicted octanol–water partition coefficient (Wildman–Crippen LogP) is 0.639. The number of urea groups is 1. The molecular weight excluding hydrogens is 268 g/mol. The van der Waals surface area contributed by atoms with Crippen LogP contribution in [0.2, 0.25) is 0 Å². The summed E-state index contributed by atoms with van der Waals surface area (Å²) in [5.74, 6) is -0.904. The average molecular weight is 286 g/mol. The highest BCUT2D eigenvalue weighted by Gasteiger charge is 2.09. The molecule has 0 radical (unpaired) electrons. The van der Waals surface area contributed by atoms with Crippen LogP contribution in [0.3, 0.4) is 0 Å². The molecule has 0 saturated carbocycles. The van der Waals surface area contributed by atoms with Gasteiger partial charge >= 0.3 is 12.0 Å². The first-order valence-electron chi connectivity index (χ1n) is 5.73. The van der Waals surface area contributed by atoms with Gasteiger partial charge in [0.25, 0.3) is 0 Å². The van der Waals surface area contributed by atoms with E-state index in [1.165, 1.54) is 16.7 Å². The second-order valence-electron chi connectivity index (χ2n) is 4.17. The molecule has 0 fully saturated rings. The molecule has 1 aromatic rings. The summed E-state index contributed by atoms with van der Waals surface area (Å²) >= 11 is 1.17. The van der Waals surface area contributed by atoms with Crippen LogP contribution in [0, 0.1) is 6.92 Å². The minimum absolute atomic E-state index is 0.0273. The fourth-order valence-electron chi connectivity index (χ4n) is 1.37. The molecule has 0 spiro atoms. The monoisotopic (exact) mass is 286 g/mol. The Morgan fingerprint density at radius 2 is 2.21 bits per heavy atom. The predicted molar refractivity (Wildman–Crippen MR) is 72.4 cm³/mol. The van der Waals surface area contributed by atoms with E-state index in [0.29, 0.717) is 18.2 Å². The molecule has 19 heavy (non-hydrogen) atoms. The van der Waals surface area contributed by atoms with Crippen LogP contribution in [0.25, 0.3) is 0 Å². The standard InChI is InChI=1S/C11H18N4O3S/c1-8-6-15(5-4-12-10(18)14(2)3)11(13-8)19-7-9(16)17/h6H,4-5,7H2,1-3H3,(H,12,18)(H,16,17). The number of nitrogens with one attached hydrogen (secondary N) is 1. The summed E-state index contributed by atoms with van der Waals surface area (Å²) in [6.45, 7) is 2.87. The molecule has 0 aliphatic heterocycles. The Morgan fingerprint density at radius 1 is 1.53 bits per heavy atom. The molecule has 0 saturated heterocycles. The number of imidazole rings is 1. The first-order valence-corrected chi connectivity index (χ1v) is 6.72. The molecule has 2 amide bonds. The van der Waals surface area contributed by atoms with Crippen molar-refractivity contribution in [2.75, 3.05) is 26.4 Å². The molecule has 0 aliphatic carbocycles. The van der Waals surface area contributed by atoms with Crippen molar-refractivity contribution in [2.45, 2.75) is 18.6 Å². The molecule has 1 aromatic heterocycles. The lowest BCUT2D eigenvalue weighted by atomic mass is 10.5. The smallest absolute Gasteiger partial charge is 0.316 e. The number of nitrogens with zero attached hydrogens (tertiary/aromatic N) is 3. The Hall–Kier alpha value is -1.70. The lowest BCUT2D eigenvalue weighted by Gasteiger charge is -2.12. The van der Waals surface area contributed by atoms with E-state index in [0.717, 1.165) is 5.69 Å². The number of thioether (sulfide) groups is 1. The van der Waals surface area contributed by atoms with Crippen LogP contribution in [0.1, 0.15) is 5.69 Å². The lowest BCUT2D eigenvalue weighted by molar-refractivity contribution is -0.133. The number of carboxylic acids is 1. The van der Waals surface area contributed by atoms with E-state index < -0.39 is 5.97 Å². The third-order valence-corrected chi connectivity index (χ3v) is 3.20. The fraction of sp³-hybridized carbons (Fsp3) is 0.545. The van der Waals surface area contributed by atoms with E-state index in [-0.39, 0.29) is 11.8 Å². The van der Waals surface area contributed by atoms with Crippen molar-refractivity contribution in [3.63, 3.8) is 0 Å². The van der Waals surface area contributed by atoms with Crippen LogP contribution in [-0.4, -0.2) is 58.0 Å². The highest BCUT2D eigenvalue weighted by molar-refractivity contribution is 7.99. The zero-order valence-electron chi connectivity index (χ0n) is 11.2. The second kappa shape index (κ2) is 7.03. The number of aromatic nitrogens is 2. The zero-order chi connectivity index (χ0) is 14.4. The topological polar surface area (TPSA) is 87.5 Å². The summed E-state index contributed by atoms with van der Waals surface area (Å²) in [5.41, 5.74) is 0.826. The van der Waals surface area contributed by atoms with E-state index in [2.05, 4.69) is 10.3 Å². The minimum atomic E-state index is -0.877. The van der Waals surface area contributed by atoms with Gasteiger partial charge in [-0.1, -0.05) is 11.8 Å². The van der Waals surface area contributed by atoms with Crippen molar-refractivity contribution < 1.29 is 14.7 Å². The van der Waals surface area contributed by atoms with Gasteiger partial charge in [0.1, 0.15) is 0 Å². The summed E-state index contributed by atoms with van der Waals surface area (Å²) in [7, 11) is 3.34. The number of rotatable bonds is 6. The molecule has 2 N–H and O–H groups in total. The van der Waals surface area contributed by atoms with Crippen LogP contribution in [0.15, 0.2) is 11.4 Å². The van der Waals surface area contributed by atoms with E-state index in [9.17, 15) is 9.59 Å². The first kappa shape index (κ1) is 15.4. The number of amides is 2. The lowest BCUT2D eigenvalue weighted by Crippen LogP contribution is -2.36. The quantitative estimate of drug-likeness (QED) is 0.749. The minimum Gasteiger partial charge on any atom is -0.481 e. The molecule has 8 heteroatoms. The Balaban J connectivity index is 2.53. The molecular formula is C11H18N4O3S. The highest BCUT2D eigenvalue weighted by Crippen LogP contribution is 2.17. The number of carbonyl (C=O) groups is 2. The van der Waals surface area contributed by atoms with Gasteiger partial charge in [-0.25, -0.2) is 9.78 Å². The van der Waals surface area contributed by atoms with Gasteiger partial charge in [0, 0.05) is 33.4 Å². The van der Waals surface area contributed by atoms with Crippen LogP contribution in [0.4, 0.5) is 4.79 Å². The maximum absolute atomic E-state index is 11.3. The molecule has 7 nitrogen and oxygen atoms in total. The van der Waals surface area contributed by atoms with Crippen molar-refractivity contribution in [3.05, 3.63) is 11.9 Å². The Labute approximate surface area is 116 Å². The molecule has 0 atom stereocenters. The normalized spacial score (nSPS) is 10.3. The molecule has 0 aliphatic rings. The number of carbonyl (C=O) groups excluding carboxylic acids is 1. The average Bonchev–Trinajstić information content (AvgIpc) is 2.66. The van der Waals surface area contributed by atoms with Gasteiger partial charge in [-0.15, -0.1) is 0 Å². The van der Waals surface area contributed by atoms with Crippen molar-refractivity contribution >= 4 is 23.8 Å². The summed E-state index contributed by atoms with van der Waals surface area (Å²) < 4.78 is 1.85. The van der Waals surface area contributed by atoms with Gasteiger partial charge in [-0.2, -0.15) is 0 Å². The Kier molecular flexibility index (Phi) is 5.68. The van der Waals surface area contributed by atoms with Crippen LogP contribution < -0.4 is 5.32 Å². The first-order chi connectivity index (χ1) is 8.90. The summed E-state index contributed by atoms with van der Waals surface area (Å²) in [4.78, 5) is 27.6. The Morgan fingerprint density at radius 3 is 2.79 bits per heavy atom. The highest BCUT2D eigenvalue weighted by atomic mass is 32.2. The van der Waals surface area contributed by atoms with E-state index in [4.69, 9.17) is 5.11 Å². The number of aliphatic carboxylic acids is 1. The van der Waals surface area contributed by atoms with Crippen molar-refractivity contribution in [1.82, 2.24) is 19.8 Å². The van der Waals surface area contributed by atoms with Crippen LogP contribution in [-0.2, 0) is 11.3 Å². The van der Waals surface area contributed by atoms with Gasteiger partial charge < -0.3 is 19.9 Å². The van der Waals surface area contributed by atoms with Crippen molar-refractivity contribution in [3.8, 4) is 0 Å². The Bertz CT molecular complexity index is 459. The maximum atomic E-state index is 11.3.